The van der Waals surface area contributed by atoms with E-state index < -0.39 is 10.0 Å². The van der Waals surface area contributed by atoms with E-state index in [-0.39, 0.29) is 15.8 Å². The van der Waals surface area contributed by atoms with E-state index in [2.05, 4.69) is 15.1 Å². The number of rotatable bonds is 6. The quantitative estimate of drug-likeness (QED) is 0.588. The zero-order valence-electron chi connectivity index (χ0n) is 15.7. The number of piperidine rings is 1. The summed E-state index contributed by atoms with van der Waals surface area (Å²) in [6.45, 7) is 0.979. The number of halogens is 1. The van der Waals surface area contributed by atoms with Crippen molar-refractivity contribution in [3.05, 3.63) is 59.7 Å². The summed E-state index contributed by atoms with van der Waals surface area (Å²) in [6, 6.07) is 10.3. The van der Waals surface area contributed by atoms with Crippen molar-refractivity contribution in [3.63, 3.8) is 0 Å². The molecule has 3 aromatic rings. The van der Waals surface area contributed by atoms with Crippen molar-refractivity contribution in [3.8, 4) is 11.4 Å². The van der Waals surface area contributed by atoms with Crippen molar-refractivity contribution in [2.75, 3.05) is 13.1 Å². The Labute approximate surface area is 174 Å². The van der Waals surface area contributed by atoms with Gasteiger partial charge in [-0.3, -0.25) is 4.98 Å². The number of pyridine rings is 1. The van der Waals surface area contributed by atoms with Crippen LogP contribution in [0.25, 0.3) is 11.4 Å². The van der Waals surface area contributed by atoms with Crippen molar-refractivity contribution in [1.82, 2.24) is 19.4 Å². The third kappa shape index (κ3) is 4.49. The van der Waals surface area contributed by atoms with Crippen LogP contribution >= 0.6 is 11.6 Å². The average Bonchev–Trinajstić information content (AvgIpc) is 3.22. The Morgan fingerprint density at radius 3 is 2.86 bits per heavy atom. The number of benzene rings is 1. The molecule has 1 fully saturated rings. The second-order valence-corrected chi connectivity index (χ2v) is 9.41. The summed E-state index contributed by atoms with van der Waals surface area (Å²) in [7, 11) is -3.60. The Morgan fingerprint density at radius 2 is 2.07 bits per heavy atom. The van der Waals surface area contributed by atoms with Gasteiger partial charge in [0.1, 0.15) is 4.90 Å². The minimum absolute atomic E-state index is 0.167. The fourth-order valence-electron chi connectivity index (χ4n) is 3.57. The van der Waals surface area contributed by atoms with Crippen LogP contribution in [-0.4, -0.2) is 40.9 Å². The summed E-state index contributed by atoms with van der Waals surface area (Å²) >= 11 is 6.12. The van der Waals surface area contributed by atoms with E-state index >= 15 is 0 Å². The molecule has 0 amide bonds. The SMILES string of the molecule is O=S(=O)(c1ccccc1Cl)N1CCCC(CCc2nc(-c3cccnc3)no2)C1. The Balaban J connectivity index is 1.40. The molecule has 1 aliphatic heterocycles. The van der Waals surface area contributed by atoms with Crippen molar-refractivity contribution < 1.29 is 12.9 Å². The van der Waals surface area contributed by atoms with Gasteiger partial charge in [0, 0.05) is 37.5 Å². The molecule has 1 aromatic carbocycles. The Kier molecular flexibility index (Phi) is 5.94. The lowest BCUT2D eigenvalue weighted by Crippen LogP contribution is -2.40. The largest absolute Gasteiger partial charge is 0.339 e. The molecule has 1 aliphatic rings. The highest BCUT2D eigenvalue weighted by molar-refractivity contribution is 7.89. The first-order valence-electron chi connectivity index (χ1n) is 9.52. The summed E-state index contributed by atoms with van der Waals surface area (Å²) < 4.78 is 32.9. The van der Waals surface area contributed by atoms with Crippen LogP contribution in [0.2, 0.25) is 5.02 Å². The van der Waals surface area contributed by atoms with Gasteiger partial charge in [-0.1, -0.05) is 28.9 Å². The number of hydrogen-bond acceptors (Lipinski definition) is 6. The molecule has 1 atom stereocenters. The van der Waals surface area contributed by atoms with Crippen LogP contribution in [0.3, 0.4) is 0 Å². The van der Waals surface area contributed by atoms with Gasteiger partial charge in [0.15, 0.2) is 0 Å². The monoisotopic (exact) mass is 432 g/mol. The minimum Gasteiger partial charge on any atom is -0.339 e. The molecule has 152 valence electrons. The first kappa shape index (κ1) is 20.0. The van der Waals surface area contributed by atoms with Crippen molar-refractivity contribution in [1.29, 1.82) is 0 Å². The lowest BCUT2D eigenvalue weighted by Gasteiger charge is -2.32. The second-order valence-electron chi connectivity index (χ2n) is 7.09. The van der Waals surface area contributed by atoms with E-state index in [0.29, 0.717) is 31.2 Å². The molecule has 1 unspecified atom stereocenters. The smallest absolute Gasteiger partial charge is 0.244 e. The summed E-state index contributed by atoms with van der Waals surface area (Å²) in [5.74, 6) is 1.30. The van der Waals surface area contributed by atoms with Crippen LogP contribution in [0.15, 0.2) is 58.2 Å². The predicted octanol–water partition coefficient (Wildman–Crippen LogP) is 3.82. The van der Waals surface area contributed by atoms with Crippen LogP contribution in [0.1, 0.15) is 25.2 Å². The van der Waals surface area contributed by atoms with Gasteiger partial charge in [0.05, 0.1) is 5.02 Å². The Bertz CT molecular complexity index is 1070. The molecule has 0 saturated carbocycles. The maximum atomic E-state index is 13.0. The molecule has 0 radical (unpaired) electrons. The van der Waals surface area contributed by atoms with Gasteiger partial charge in [-0.05, 0) is 49.4 Å². The fraction of sp³-hybridized carbons (Fsp3) is 0.350. The van der Waals surface area contributed by atoms with Crippen LogP contribution in [0.4, 0.5) is 0 Å². The molecular formula is C20H21ClN4O3S. The zero-order valence-corrected chi connectivity index (χ0v) is 17.3. The first-order chi connectivity index (χ1) is 14.0. The van der Waals surface area contributed by atoms with Crippen molar-refractivity contribution in [2.45, 2.75) is 30.6 Å². The maximum absolute atomic E-state index is 13.0. The van der Waals surface area contributed by atoms with E-state index in [1.54, 1.807) is 36.7 Å². The van der Waals surface area contributed by atoms with Gasteiger partial charge >= 0.3 is 0 Å². The maximum Gasteiger partial charge on any atom is 0.244 e. The molecule has 0 bridgehead atoms. The molecular weight excluding hydrogens is 412 g/mol. The van der Waals surface area contributed by atoms with Gasteiger partial charge in [0.25, 0.3) is 0 Å². The number of aryl methyl sites for hydroxylation is 1. The average molecular weight is 433 g/mol. The summed E-state index contributed by atoms with van der Waals surface area (Å²) in [4.78, 5) is 8.65. The van der Waals surface area contributed by atoms with E-state index in [1.807, 2.05) is 12.1 Å². The number of hydrogen-bond donors (Lipinski definition) is 0. The highest BCUT2D eigenvalue weighted by Crippen LogP contribution is 2.29. The number of sulfonamides is 1. The van der Waals surface area contributed by atoms with Crippen LogP contribution < -0.4 is 0 Å². The van der Waals surface area contributed by atoms with Gasteiger partial charge in [-0.25, -0.2) is 8.42 Å². The molecule has 0 N–H and O–H groups in total. The fourth-order valence-corrected chi connectivity index (χ4v) is 5.62. The van der Waals surface area contributed by atoms with Gasteiger partial charge in [-0.15, -0.1) is 0 Å². The molecule has 9 heteroatoms. The molecule has 3 heterocycles. The van der Waals surface area contributed by atoms with Crippen molar-refractivity contribution in [2.24, 2.45) is 5.92 Å². The van der Waals surface area contributed by atoms with Crippen LogP contribution in [0.5, 0.6) is 0 Å². The molecule has 1 saturated heterocycles. The predicted molar refractivity (Wildman–Crippen MR) is 109 cm³/mol. The standard InChI is InChI=1S/C20H21ClN4O3S/c21-17-7-1-2-8-18(17)29(26,27)25-12-4-5-15(14-25)9-10-19-23-20(24-28-19)16-6-3-11-22-13-16/h1-3,6-8,11,13,15H,4-5,9-10,12,14H2. The van der Waals surface area contributed by atoms with E-state index in [9.17, 15) is 8.42 Å². The lowest BCUT2D eigenvalue weighted by atomic mass is 9.95. The molecule has 2 aromatic heterocycles. The Hall–Kier alpha value is -2.29. The van der Waals surface area contributed by atoms with Crippen LogP contribution in [0, 0.1) is 5.92 Å². The highest BCUT2D eigenvalue weighted by Gasteiger charge is 2.31. The lowest BCUT2D eigenvalue weighted by molar-refractivity contribution is 0.249. The third-order valence-corrected chi connectivity index (χ3v) is 7.46. The molecule has 0 spiro atoms. The number of nitrogens with zero attached hydrogens (tertiary/aromatic N) is 4. The van der Waals surface area contributed by atoms with E-state index in [1.165, 1.54) is 4.31 Å². The summed E-state index contributed by atoms with van der Waals surface area (Å²) in [5, 5.41) is 4.26. The first-order valence-corrected chi connectivity index (χ1v) is 11.3. The zero-order chi connectivity index (χ0) is 20.3. The summed E-state index contributed by atoms with van der Waals surface area (Å²) in [5.41, 5.74) is 0.803. The molecule has 0 aliphatic carbocycles. The third-order valence-electron chi connectivity index (χ3n) is 5.09. The van der Waals surface area contributed by atoms with Gasteiger partial charge in [0.2, 0.25) is 21.7 Å². The van der Waals surface area contributed by atoms with Crippen molar-refractivity contribution >= 4 is 21.6 Å². The van der Waals surface area contributed by atoms with Gasteiger partial charge in [-0.2, -0.15) is 9.29 Å². The highest BCUT2D eigenvalue weighted by atomic mass is 35.5. The molecule has 29 heavy (non-hydrogen) atoms. The number of aromatic nitrogens is 3. The van der Waals surface area contributed by atoms with E-state index in [0.717, 1.165) is 24.8 Å². The van der Waals surface area contributed by atoms with Gasteiger partial charge < -0.3 is 4.52 Å². The minimum atomic E-state index is -3.60. The molecule has 4 rings (SSSR count). The molecule has 7 nitrogen and oxygen atoms in total. The second kappa shape index (κ2) is 8.61. The van der Waals surface area contributed by atoms with Crippen LogP contribution in [-0.2, 0) is 16.4 Å². The summed E-state index contributed by atoms with van der Waals surface area (Å²) in [6.07, 6.45) is 6.56. The topological polar surface area (TPSA) is 89.2 Å². The normalized spacial score (nSPS) is 18.0. The van der Waals surface area contributed by atoms with E-state index in [4.69, 9.17) is 16.1 Å². The Morgan fingerprint density at radius 1 is 1.21 bits per heavy atom.